The molecule has 0 saturated heterocycles. The van der Waals surface area contributed by atoms with Crippen molar-refractivity contribution in [2.45, 2.75) is 45.6 Å². The third-order valence-electron chi connectivity index (χ3n) is 4.33. The van der Waals surface area contributed by atoms with Gasteiger partial charge in [0.2, 0.25) is 10.0 Å². The van der Waals surface area contributed by atoms with E-state index in [1.54, 1.807) is 25.1 Å². The maximum absolute atomic E-state index is 13.0. The number of aryl methyl sites for hydroxylation is 2. The van der Waals surface area contributed by atoms with Crippen LogP contribution in [0.15, 0.2) is 29.2 Å². The van der Waals surface area contributed by atoms with Crippen LogP contribution < -0.4 is 4.72 Å². The molecule has 0 saturated carbocycles. The van der Waals surface area contributed by atoms with Crippen molar-refractivity contribution in [1.29, 1.82) is 0 Å². The summed E-state index contributed by atoms with van der Waals surface area (Å²) in [5.74, 6) is 0. The predicted octanol–water partition coefficient (Wildman–Crippen LogP) is 5.27. The Labute approximate surface area is 154 Å². The molecular formula is C18H21Cl2NO2S. The molecule has 6 heteroatoms. The predicted molar refractivity (Wildman–Crippen MR) is 101 cm³/mol. The van der Waals surface area contributed by atoms with Gasteiger partial charge in [-0.1, -0.05) is 35.3 Å². The van der Waals surface area contributed by atoms with E-state index in [-0.39, 0.29) is 0 Å². The second-order valence-electron chi connectivity index (χ2n) is 6.10. The van der Waals surface area contributed by atoms with Gasteiger partial charge in [0, 0.05) is 16.1 Å². The van der Waals surface area contributed by atoms with Gasteiger partial charge in [0.15, 0.2) is 0 Å². The molecule has 0 amide bonds. The number of rotatable bonds is 4. The first-order valence-electron chi connectivity index (χ1n) is 7.59. The van der Waals surface area contributed by atoms with Gasteiger partial charge in [-0.25, -0.2) is 13.1 Å². The van der Waals surface area contributed by atoms with Crippen molar-refractivity contribution in [3.63, 3.8) is 0 Å². The van der Waals surface area contributed by atoms with Gasteiger partial charge in [-0.3, -0.25) is 0 Å². The molecule has 0 aliphatic carbocycles. The molecule has 0 unspecified atom stereocenters. The SMILES string of the molecule is Cc1cc(C)c(C)c(S(=O)(=O)N[C@H](C)c2ccc(Cl)cc2Cl)c1C. The summed E-state index contributed by atoms with van der Waals surface area (Å²) in [6.07, 6.45) is 0. The number of hydrogen-bond acceptors (Lipinski definition) is 2. The number of nitrogens with one attached hydrogen (secondary N) is 1. The van der Waals surface area contributed by atoms with Crippen LogP contribution >= 0.6 is 23.2 Å². The summed E-state index contributed by atoms with van der Waals surface area (Å²) in [7, 11) is -3.68. The van der Waals surface area contributed by atoms with Crippen molar-refractivity contribution in [2.75, 3.05) is 0 Å². The van der Waals surface area contributed by atoms with Crippen LogP contribution in [0.25, 0.3) is 0 Å². The lowest BCUT2D eigenvalue weighted by atomic mass is 10.0. The molecule has 130 valence electrons. The molecule has 0 heterocycles. The highest BCUT2D eigenvalue weighted by Crippen LogP contribution is 2.30. The maximum Gasteiger partial charge on any atom is 0.241 e. The van der Waals surface area contributed by atoms with Crippen LogP contribution in [-0.2, 0) is 10.0 Å². The first-order valence-corrected chi connectivity index (χ1v) is 9.83. The lowest BCUT2D eigenvalue weighted by Gasteiger charge is -2.20. The number of hydrogen-bond donors (Lipinski definition) is 1. The highest BCUT2D eigenvalue weighted by atomic mass is 35.5. The van der Waals surface area contributed by atoms with Crippen LogP contribution in [0.5, 0.6) is 0 Å². The van der Waals surface area contributed by atoms with Crippen LogP contribution in [-0.4, -0.2) is 8.42 Å². The van der Waals surface area contributed by atoms with Crippen LogP contribution in [0, 0.1) is 27.7 Å². The van der Waals surface area contributed by atoms with Crippen LogP contribution in [0.2, 0.25) is 10.0 Å². The van der Waals surface area contributed by atoms with E-state index in [0.29, 0.717) is 20.5 Å². The molecule has 24 heavy (non-hydrogen) atoms. The summed E-state index contributed by atoms with van der Waals surface area (Å²) in [4.78, 5) is 0.344. The summed E-state index contributed by atoms with van der Waals surface area (Å²) >= 11 is 12.1. The van der Waals surface area contributed by atoms with Crippen molar-refractivity contribution in [2.24, 2.45) is 0 Å². The average molecular weight is 386 g/mol. The highest BCUT2D eigenvalue weighted by Gasteiger charge is 2.25. The highest BCUT2D eigenvalue weighted by molar-refractivity contribution is 7.89. The molecule has 1 N–H and O–H groups in total. The van der Waals surface area contributed by atoms with Crippen molar-refractivity contribution in [1.82, 2.24) is 4.72 Å². The molecule has 3 nitrogen and oxygen atoms in total. The van der Waals surface area contributed by atoms with Crippen molar-refractivity contribution in [3.05, 3.63) is 62.1 Å². The topological polar surface area (TPSA) is 46.2 Å². The quantitative estimate of drug-likeness (QED) is 0.779. The third-order valence-corrected chi connectivity index (χ3v) is 6.70. The first kappa shape index (κ1) is 19.3. The molecule has 2 aromatic rings. The second kappa shape index (κ2) is 7.04. The fourth-order valence-corrected chi connectivity index (χ4v) is 5.20. The number of halogens is 2. The molecule has 0 aromatic heterocycles. The van der Waals surface area contributed by atoms with E-state index < -0.39 is 16.1 Å². The molecule has 1 atom stereocenters. The largest absolute Gasteiger partial charge is 0.241 e. The summed E-state index contributed by atoms with van der Waals surface area (Å²) in [5.41, 5.74) is 4.12. The van der Waals surface area contributed by atoms with E-state index in [1.165, 1.54) is 0 Å². The minimum absolute atomic E-state index is 0.344. The minimum atomic E-state index is -3.68. The van der Waals surface area contributed by atoms with E-state index in [0.717, 1.165) is 22.3 Å². The Hall–Kier alpha value is -1.07. The fraction of sp³-hybridized carbons (Fsp3) is 0.333. The van der Waals surface area contributed by atoms with Gasteiger partial charge in [-0.2, -0.15) is 0 Å². The van der Waals surface area contributed by atoms with Gasteiger partial charge in [-0.05, 0) is 74.6 Å². The zero-order valence-corrected chi connectivity index (χ0v) is 16.7. The van der Waals surface area contributed by atoms with Gasteiger partial charge in [0.05, 0.1) is 4.90 Å². The van der Waals surface area contributed by atoms with Crippen LogP contribution in [0.4, 0.5) is 0 Å². The fourth-order valence-electron chi connectivity index (χ4n) is 2.79. The molecule has 2 aromatic carbocycles. The van der Waals surface area contributed by atoms with Gasteiger partial charge in [-0.15, -0.1) is 0 Å². The molecule has 0 fully saturated rings. The van der Waals surface area contributed by atoms with Gasteiger partial charge >= 0.3 is 0 Å². The van der Waals surface area contributed by atoms with Crippen LogP contribution in [0.1, 0.15) is 40.8 Å². The third kappa shape index (κ3) is 3.77. The average Bonchev–Trinajstić information content (AvgIpc) is 2.44. The van der Waals surface area contributed by atoms with E-state index in [2.05, 4.69) is 4.72 Å². The first-order chi connectivity index (χ1) is 11.0. The Morgan fingerprint density at radius 1 is 0.958 bits per heavy atom. The lowest BCUT2D eigenvalue weighted by Crippen LogP contribution is -2.28. The summed E-state index contributed by atoms with van der Waals surface area (Å²) in [6.45, 7) is 9.26. The van der Waals surface area contributed by atoms with Crippen molar-refractivity contribution < 1.29 is 8.42 Å². The smallest absolute Gasteiger partial charge is 0.207 e. The molecular weight excluding hydrogens is 365 g/mol. The van der Waals surface area contributed by atoms with E-state index in [4.69, 9.17) is 23.2 Å². The Morgan fingerprint density at radius 3 is 2.00 bits per heavy atom. The zero-order valence-electron chi connectivity index (χ0n) is 14.4. The normalized spacial score (nSPS) is 13.1. The standard InChI is InChI=1S/C18H21Cl2NO2S/c1-10-8-11(2)13(4)18(12(10)3)24(22,23)21-14(5)16-7-6-15(19)9-17(16)20/h6-9,14,21H,1-5H3/t14-/m1/s1. The molecule has 0 spiro atoms. The van der Waals surface area contributed by atoms with Crippen molar-refractivity contribution >= 4 is 33.2 Å². The van der Waals surface area contributed by atoms with E-state index in [9.17, 15) is 8.42 Å². The van der Waals surface area contributed by atoms with E-state index in [1.807, 2.05) is 33.8 Å². The monoisotopic (exact) mass is 385 g/mol. The molecule has 0 aliphatic rings. The number of benzene rings is 2. The Balaban J connectivity index is 2.46. The van der Waals surface area contributed by atoms with Gasteiger partial charge in [0.25, 0.3) is 0 Å². The lowest BCUT2D eigenvalue weighted by molar-refractivity contribution is 0.565. The van der Waals surface area contributed by atoms with Crippen molar-refractivity contribution in [3.8, 4) is 0 Å². The summed E-state index contributed by atoms with van der Waals surface area (Å²) in [5, 5.41) is 0.950. The molecule has 0 aliphatic heterocycles. The minimum Gasteiger partial charge on any atom is -0.207 e. The van der Waals surface area contributed by atoms with Crippen LogP contribution in [0.3, 0.4) is 0 Å². The molecule has 2 rings (SSSR count). The van der Waals surface area contributed by atoms with E-state index >= 15 is 0 Å². The zero-order chi connectivity index (χ0) is 18.2. The molecule has 0 bridgehead atoms. The maximum atomic E-state index is 13.0. The van der Waals surface area contributed by atoms with Gasteiger partial charge < -0.3 is 0 Å². The summed E-state index contributed by atoms with van der Waals surface area (Å²) in [6, 6.07) is 6.57. The second-order valence-corrected chi connectivity index (χ2v) is 8.59. The Kier molecular flexibility index (Phi) is 5.65. The Bertz CT molecular complexity index is 866. The number of sulfonamides is 1. The Morgan fingerprint density at radius 2 is 1.50 bits per heavy atom. The molecule has 0 radical (unpaired) electrons. The summed E-state index contributed by atoms with van der Waals surface area (Å²) < 4.78 is 28.6. The van der Waals surface area contributed by atoms with Gasteiger partial charge in [0.1, 0.15) is 0 Å².